The first-order valence-corrected chi connectivity index (χ1v) is 7.24. The Bertz CT molecular complexity index is 881. The Hall–Kier alpha value is -2.78. The first-order valence-electron chi connectivity index (χ1n) is 7.24. The summed E-state index contributed by atoms with van der Waals surface area (Å²) < 4.78 is 38.5. The highest BCUT2D eigenvalue weighted by molar-refractivity contribution is 5.77. The van der Waals surface area contributed by atoms with E-state index in [0.29, 0.717) is 22.7 Å². The van der Waals surface area contributed by atoms with Crippen LogP contribution in [0, 0.1) is 10.1 Å². The zero-order chi connectivity index (χ0) is 18.0. The van der Waals surface area contributed by atoms with Crippen molar-refractivity contribution in [3.63, 3.8) is 0 Å². The number of fused-ring (bicyclic) bond motifs is 1. The standard InChI is InChI=1S/C16H13F2N3O4/c1-24-16(18)8-11(17)13(21(22)23)7-14(16)25-9-10-3-2-4-12-15(10)20-6-5-19-12/h2-8,14H,9H2,1H3. The fraction of sp³-hybridized carbons (Fsp3) is 0.250. The third kappa shape index (κ3) is 3.24. The van der Waals surface area contributed by atoms with E-state index in [2.05, 4.69) is 14.7 Å². The molecule has 1 aromatic carbocycles. The lowest BCUT2D eigenvalue weighted by Crippen LogP contribution is -2.41. The minimum Gasteiger partial charge on any atom is -0.363 e. The third-order valence-electron chi connectivity index (χ3n) is 3.78. The van der Waals surface area contributed by atoms with Gasteiger partial charge in [-0.2, -0.15) is 4.39 Å². The Morgan fingerprint density at radius 1 is 1.36 bits per heavy atom. The summed E-state index contributed by atoms with van der Waals surface area (Å²) in [6.45, 7) is -0.118. The van der Waals surface area contributed by atoms with Crippen LogP contribution in [0.25, 0.3) is 11.0 Å². The zero-order valence-electron chi connectivity index (χ0n) is 13.1. The predicted octanol–water partition coefficient (Wildman–Crippen LogP) is 2.85. The second-order valence-corrected chi connectivity index (χ2v) is 5.28. The SMILES string of the molecule is COC1(F)C=C(F)C([N+](=O)[O-])=CC1OCc1cccc2nccnc12. The van der Waals surface area contributed by atoms with Gasteiger partial charge in [0.15, 0.2) is 0 Å². The molecule has 1 aromatic heterocycles. The smallest absolute Gasteiger partial charge is 0.303 e. The fourth-order valence-corrected chi connectivity index (χ4v) is 2.50. The first kappa shape index (κ1) is 17.1. The number of allylic oxidation sites excluding steroid dienone is 1. The normalized spacial score (nSPS) is 23.2. The van der Waals surface area contributed by atoms with Gasteiger partial charge >= 0.3 is 5.70 Å². The summed E-state index contributed by atoms with van der Waals surface area (Å²) in [5.41, 5.74) is 0.920. The number of benzene rings is 1. The van der Waals surface area contributed by atoms with E-state index in [1.807, 2.05) is 0 Å². The number of hydrogen-bond donors (Lipinski definition) is 0. The van der Waals surface area contributed by atoms with Crippen molar-refractivity contribution >= 4 is 11.0 Å². The average molecular weight is 349 g/mol. The van der Waals surface area contributed by atoms with Crippen LogP contribution >= 0.6 is 0 Å². The van der Waals surface area contributed by atoms with Gasteiger partial charge in [0.25, 0.3) is 5.85 Å². The van der Waals surface area contributed by atoms with E-state index >= 15 is 0 Å². The number of nitro groups is 1. The van der Waals surface area contributed by atoms with E-state index in [1.54, 1.807) is 18.2 Å². The Kier molecular flexibility index (Phi) is 4.51. The Morgan fingerprint density at radius 3 is 2.84 bits per heavy atom. The maximum atomic E-state index is 14.7. The zero-order valence-corrected chi connectivity index (χ0v) is 13.1. The highest BCUT2D eigenvalue weighted by Crippen LogP contribution is 2.34. The molecule has 0 aliphatic heterocycles. The molecular formula is C16H13F2N3O4. The second-order valence-electron chi connectivity index (χ2n) is 5.28. The quantitative estimate of drug-likeness (QED) is 0.609. The lowest BCUT2D eigenvalue weighted by molar-refractivity contribution is -0.424. The third-order valence-corrected chi connectivity index (χ3v) is 3.78. The van der Waals surface area contributed by atoms with Crippen LogP contribution in [0.15, 0.2) is 54.3 Å². The van der Waals surface area contributed by atoms with Crippen molar-refractivity contribution in [2.24, 2.45) is 0 Å². The molecule has 2 atom stereocenters. The van der Waals surface area contributed by atoms with E-state index in [-0.39, 0.29) is 6.61 Å². The molecule has 130 valence electrons. The Labute approximate surface area is 140 Å². The van der Waals surface area contributed by atoms with Crippen molar-refractivity contribution in [3.8, 4) is 0 Å². The number of para-hydroxylation sites is 1. The lowest BCUT2D eigenvalue weighted by Gasteiger charge is -2.29. The fourth-order valence-electron chi connectivity index (χ4n) is 2.50. The summed E-state index contributed by atoms with van der Waals surface area (Å²) in [7, 11) is 1.02. The summed E-state index contributed by atoms with van der Waals surface area (Å²) in [6, 6.07) is 5.19. The van der Waals surface area contributed by atoms with Crippen molar-refractivity contribution in [2.75, 3.05) is 7.11 Å². The maximum absolute atomic E-state index is 14.7. The maximum Gasteiger partial charge on any atom is 0.303 e. The van der Waals surface area contributed by atoms with E-state index in [4.69, 9.17) is 4.74 Å². The monoisotopic (exact) mass is 349 g/mol. The van der Waals surface area contributed by atoms with Crippen molar-refractivity contribution in [1.29, 1.82) is 0 Å². The molecule has 0 bridgehead atoms. The van der Waals surface area contributed by atoms with Crippen LogP contribution in [0.5, 0.6) is 0 Å². The molecule has 0 saturated heterocycles. The molecule has 0 radical (unpaired) electrons. The van der Waals surface area contributed by atoms with E-state index in [9.17, 15) is 18.9 Å². The van der Waals surface area contributed by atoms with E-state index < -0.39 is 28.4 Å². The molecule has 1 heterocycles. The number of nitrogens with zero attached hydrogens (tertiary/aromatic N) is 3. The van der Waals surface area contributed by atoms with Crippen molar-refractivity contribution in [1.82, 2.24) is 9.97 Å². The molecule has 3 rings (SSSR count). The number of methoxy groups -OCH3 is 1. The number of alkyl halides is 1. The van der Waals surface area contributed by atoms with Crippen LogP contribution in [0.2, 0.25) is 0 Å². The summed E-state index contributed by atoms with van der Waals surface area (Å²) in [4.78, 5) is 18.3. The average Bonchev–Trinajstić information content (AvgIpc) is 2.60. The summed E-state index contributed by atoms with van der Waals surface area (Å²) >= 11 is 0. The molecule has 0 N–H and O–H groups in total. The number of halogens is 2. The van der Waals surface area contributed by atoms with Gasteiger partial charge in [0.2, 0.25) is 5.83 Å². The molecule has 9 heteroatoms. The van der Waals surface area contributed by atoms with Crippen LogP contribution in [-0.2, 0) is 16.1 Å². The van der Waals surface area contributed by atoms with Gasteiger partial charge in [-0.25, -0.2) is 4.39 Å². The van der Waals surface area contributed by atoms with Crippen LogP contribution < -0.4 is 0 Å². The lowest BCUT2D eigenvalue weighted by atomic mass is 10.0. The van der Waals surface area contributed by atoms with Gasteiger partial charge in [0.05, 0.1) is 22.6 Å². The molecule has 1 aliphatic carbocycles. The van der Waals surface area contributed by atoms with E-state index in [0.717, 1.165) is 13.2 Å². The minimum absolute atomic E-state index is 0.118. The number of rotatable bonds is 5. The predicted molar refractivity (Wildman–Crippen MR) is 83.2 cm³/mol. The van der Waals surface area contributed by atoms with Gasteiger partial charge in [-0.15, -0.1) is 0 Å². The van der Waals surface area contributed by atoms with Gasteiger partial charge in [0, 0.05) is 37.2 Å². The number of ether oxygens (including phenoxy) is 2. The topological polar surface area (TPSA) is 87.4 Å². The molecule has 1 aliphatic rings. The number of hydrogen-bond acceptors (Lipinski definition) is 6. The van der Waals surface area contributed by atoms with Gasteiger partial charge in [-0.1, -0.05) is 12.1 Å². The van der Waals surface area contributed by atoms with Crippen LogP contribution in [0.1, 0.15) is 5.56 Å². The second kappa shape index (κ2) is 6.61. The minimum atomic E-state index is -2.65. The first-order chi connectivity index (χ1) is 11.9. The Morgan fingerprint density at radius 2 is 2.12 bits per heavy atom. The molecule has 0 fully saturated rings. The van der Waals surface area contributed by atoms with Crippen LogP contribution in [-0.4, -0.2) is 34.0 Å². The largest absolute Gasteiger partial charge is 0.363 e. The molecule has 25 heavy (non-hydrogen) atoms. The van der Waals surface area contributed by atoms with Crippen LogP contribution in [0.3, 0.4) is 0 Å². The molecular weight excluding hydrogens is 336 g/mol. The highest BCUT2D eigenvalue weighted by Gasteiger charge is 2.45. The molecule has 2 unspecified atom stereocenters. The van der Waals surface area contributed by atoms with Gasteiger partial charge < -0.3 is 9.47 Å². The Balaban J connectivity index is 1.89. The summed E-state index contributed by atoms with van der Waals surface area (Å²) in [5.74, 6) is -3.97. The molecule has 2 aromatic rings. The molecule has 0 saturated carbocycles. The molecule has 7 nitrogen and oxygen atoms in total. The highest BCUT2D eigenvalue weighted by atomic mass is 19.2. The molecule has 0 amide bonds. The van der Waals surface area contributed by atoms with Crippen molar-refractivity contribution in [3.05, 3.63) is 69.9 Å². The summed E-state index contributed by atoms with van der Waals surface area (Å²) in [5, 5.41) is 10.9. The van der Waals surface area contributed by atoms with Crippen LogP contribution in [0.4, 0.5) is 8.78 Å². The van der Waals surface area contributed by atoms with Gasteiger partial charge in [-0.05, 0) is 6.07 Å². The number of aromatic nitrogens is 2. The van der Waals surface area contributed by atoms with Gasteiger partial charge in [-0.3, -0.25) is 20.1 Å². The summed E-state index contributed by atoms with van der Waals surface area (Å²) in [6.07, 6.45) is 2.70. The molecule has 0 spiro atoms. The van der Waals surface area contributed by atoms with Crippen molar-refractivity contribution in [2.45, 2.75) is 18.6 Å². The van der Waals surface area contributed by atoms with Gasteiger partial charge in [0.1, 0.15) is 6.10 Å². The van der Waals surface area contributed by atoms with Crippen molar-refractivity contribution < 1.29 is 23.2 Å². The van der Waals surface area contributed by atoms with E-state index in [1.165, 1.54) is 12.4 Å².